The van der Waals surface area contributed by atoms with Crippen molar-refractivity contribution in [1.29, 1.82) is 0 Å². The lowest BCUT2D eigenvalue weighted by Gasteiger charge is -2.45. The number of thioether (sulfide) groups is 1. The van der Waals surface area contributed by atoms with Gasteiger partial charge >= 0.3 is 0 Å². The van der Waals surface area contributed by atoms with Crippen LogP contribution in [0.25, 0.3) is 6.08 Å². The Morgan fingerprint density at radius 2 is 2.07 bits per heavy atom. The molecule has 4 nitrogen and oxygen atoms in total. The number of aliphatic imine (C=N–C) groups is 1. The first-order valence-corrected chi connectivity index (χ1v) is 11.3. The van der Waals surface area contributed by atoms with E-state index in [0.717, 1.165) is 28.9 Å². The molecular formula is C24H26ClN3OS. The number of nitrogens with zero attached hydrogens (tertiary/aromatic N) is 2. The average molecular weight is 440 g/mol. The third-order valence-corrected chi connectivity index (χ3v) is 7.16. The van der Waals surface area contributed by atoms with Gasteiger partial charge in [-0.05, 0) is 91.9 Å². The van der Waals surface area contributed by atoms with E-state index in [9.17, 15) is 4.79 Å². The van der Waals surface area contributed by atoms with Gasteiger partial charge in [0.05, 0.1) is 10.6 Å². The maximum absolute atomic E-state index is 12.5. The molecule has 6 heteroatoms. The molecule has 0 saturated carbocycles. The maximum Gasteiger partial charge on any atom is 0.264 e. The lowest BCUT2D eigenvalue weighted by Crippen LogP contribution is -2.45. The number of fused-ring (bicyclic) bond motifs is 1. The van der Waals surface area contributed by atoms with Crippen molar-refractivity contribution in [2.45, 2.75) is 45.6 Å². The second-order valence-electron chi connectivity index (χ2n) is 8.73. The molecule has 1 atom stereocenters. The molecule has 156 valence electrons. The Morgan fingerprint density at radius 3 is 2.80 bits per heavy atom. The Balaban J connectivity index is 1.66. The zero-order valence-electron chi connectivity index (χ0n) is 17.9. The number of carbonyl (C=O) groups excluding carboxylic acids is 1. The van der Waals surface area contributed by atoms with Crippen molar-refractivity contribution >= 4 is 51.9 Å². The summed E-state index contributed by atoms with van der Waals surface area (Å²) in [6.45, 7) is 8.78. The summed E-state index contributed by atoms with van der Waals surface area (Å²) in [6, 6.07) is 12.0. The van der Waals surface area contributed by atoms with Gasteiger partial charge in [0.25, 0.3) is 5.91 Å². The van der Waals surface area contributed by atoms with Crippen LogP contribution in [0.2, 0.25) is 5.02 Å². The monoisotopic (exact) mass is 439 g/mol. The molecule has 2 aromatic carbocycles. The number of hydrogen-bond acceptors (Lipinski definition) is 4. The number of amides is 1. The minimum absolute atomic E-state index is 0.0814. The standard InChI is InChI=1S/C24H26ClN3OS/c1-14-7-6-8-17(9-14)26-23-27-22(29)21(30-23)11-16-10-18-15(2)13-24(3,4)28(5)20(18)12-19(16)25/h6-12,15H,13H2,1-5H3,(H,26,27,29)/b21-11+. The topological polar surface area (TPSA) is 44.7 Å². The molecule has 2 heterocycles. The third-order valence-electron chi connectivity index (χ3n) is 5.92. The first-order valence-electron chi connectivity index (χ1n) is 10.1. The van der Waals surface area contributed by atoms with Crippen molar-refractivity contribution in [3.8, 4) is 0 Å². The summed E-state index contributed by atoms with van der Waals surface area (Å²) in [6.07, 6.45) is 2.94. The molecule has 0 aliphatic carbocycles. The highest BCUT2D eigenvalue weighted by atomic mass is 35.5. The minimum Gasteiger partial charge on any atom is -0.369 e. The van der Waals surface area contributed by atoms with Crippen LogP contribution >= 0.6 is 23.4 Å². The predicted molar refractivity (Wildman–Crippen MR) is 129 cm³/mol. The average Bonchev–Trinajstić information content (AvgIpc) is 2.99. The van der Waals surface area contributed by atoms with Gasteiger partial charge < -0.3 is 10.2 Å². The van der Waals surface area contributed by atoms with E-state index in [-0.39, 0.29) is 11.4 Å². The van der Waals surface area contributed by atoms with E-state index < -0.39 is 0 Å². The van der Waals surface area contributed by atoms with Crippen molar-refractivity contribution < 1.29 is 4.79 Å². The van der Waals surface area contributed by atoms with Gasteiger partial charge in [-0.25, -0.2) is 4.99 Å². The second kappa shape index (κ2) is 7.78. The fraction of sp³-hybridized carbons (Fsp3) is 0.333. The fourth-order valence-electron chi connectivity index (χ4n) is 4.15. The van der Waals surface area contributed by atoms with Gasteiger partial charge in [0, 0.05) is 23.3 Å². The number of anilines is 1. The van der Waals surface area contributed by atoms with E-state index in [4.69, 9.17) is 11.6 Å². The van der Waals surface area contributed by atoms with Crippen LogP contribution in [0.1, 0.15) is 49.8 Å². The Bertz CT molecular complexity index is 1090. The van der Waals surface area contributed by atoms with Crippen LogP contribution in [-0.2, 0) is 4.79 Å². The zero-order valence-corrected chi connectivity index (χ0v) is 19.5. The molecule has 30 heavy (non-hydrogen) atoms. The molecule has 1 N–H and O–H groups in total. The molecule has 1 fully saturated rings. The highest BCUT2D eigenvalue weighted by Crippen LogP contribution is 2.45. The smallest absolute Gasteiger partial charge is 0.264 e. The maximum atomic E-state index is 12.5. The molecule has 0 aromatic heterocycles. The van der Waals surface area contributed by atoms with Crippen LogP contribution in [-0.4, -0.2) is 23.7 Å². The zero-order chi connectivity index (χ0) is 21.6. The van der Waals surface area contributed by atoms with E-state index in [1.165, 1.54) is 17.3 Å². The van der Waals surface area contributed by atoms with Crippen molar-refractivity contribution in [1.82, 2.24) is 5.32 Å². The van der Waals surface area contributed by atoms with E-state index in [1.807, 2.05) is 43.3 Å². The SMILES string of the molecule is Cc1cccc(N=C2NC(=O)/C(=C\c3cc4c(cc3Cl)N(C)C(C)(C)CC4C)S2)c1. The van der Waals surface area contributed by atoms with E-state index in [2.05, 4.69) is 49.1 Å². The summed E-state index contributed by atoms with van der Waals surface area (Å²) < 4.78 is 0. The van der Waals surface area contributed by atoms with Crippen LogP contribution < -0.4 is 10.2 Å². The number of rotatable bonds is 2. The van der Waals surface area contributed by atoms with Gasteiger partial charge in [-0.15, -0.1) is 0 Å². The molecule has 0 bridgehead atoms. The van der Waals surface area contributed by atoms with Gasteiger partial charge in [-0.2, -0.15) is 0 Å². The Labute approximate surface area is 187 Å². The molecule has 2 aliphatic rings. The molecule has 1 unspecified atom stereocenters. The number of halogens is 1. The summed E-state index contributed by atoms with van der Waals surface area (Å²) in [7, 11) is 2.12. The highest BCUT2D eigenvalue weighted by molar-refractivity contribution is 8.18. The van der Waals surface area contributed by atoms with Gasteiger partial charge in [-0.3, -0.25) is 4.79 Å². The van der Waals surface area contributed by atoms with Gasteiger partial charge in [0.1, 0.15) is 0 Å². The van der Waals surface area contributed by atoms with Crippen LogP contribution in [0.15, 0.2) is 46.3 Å². The second-order valence-corrected chi connectivity index (χ2v) is 10.2. The van der Waals surface area contributed by atoms with Crippen LogP contribution in [0, 0.1) is 6.92 Å². The van der Waals surface area contributed by atoms with Crippen LogP contribution in [0.5, 0.6) is 0 Å². The Hall–Kier alpha value is -2.24. The van der Waals surface area contributed by atoms with E-state index in [0.29, 0.717) is 21.0 Å². The number of benzene rings is 2. The highest BCUT2D eigenvalue weighted by Gasteiger charge is 2.34. The third kappa shape index (κ3) is 4.01. The number of carbonyl (C=O) groups is 1. The van der Waals surface area contributed by atoms with Gasteiger partial charge in [0.15, 0.2) is 5.17 Å². The summed E-state index contributed by atoms with van der Waals surface area (Å²) in [5.41, 5.74) is 5.33. The Morgan fingerprint density at radius 1 is 1.30 bits per heavy atom. The molecule has 1 saturated heterocycles. The summed E-state index contributed by atoms with van der Waals surface area (Å²) in [4.78, 5) is 20.0. The van der Waals surface area contributed by atoms with E-state index >= 15 is 0 Å². The number of amidine groups is 1. The normalized spacial score (nSPS) is 23.1. The molecule has 2 aromatic rings. The van der Waals surface area contributed by atoms with Crippen molar-refractivity contribution in [3.63, 3.8) is 0 Å². The first kappa shape index (κ1) is 21.0. The van der Waals surface area contributed by atoms with Crippen molar-refractivity contribution in [2.24, 2.45) is 4.99 Å². The summed E-state index contributed by atoms with van der Waals surface area (Å²) >= 11 is 7.98. The molecular weight excluding hydrogens is 414 g/mol. The molecule has 1 amide bonds. The van der Waals surface area contributed by atoms with Crippen molar-refractivity contribution in [3.05, 3.63) is 63.0 Å². The lowest BCUT2D eigenvalue weighted by molar-refractivity contribution is -0.115. The number of hydrogen-bond donors (Lipinski definition) is 1. The predicted octanol–water partition coefficient (Wildman–Crippen LogP) is 6.26. The lowest BCUT2D eigenvalue weighted by atomic mass is 9.80. The van der Waals surface area contributed by atoms with Crippen LogP contribution in [0.3, 0.4) is 0 Å². The Kier molecular flexibility index (Phi) is 5.45. The van der Waals surface area contributed by atoms with E-state index in [1.54, 1.807) is 0 Å². The van der Waals surface area contributed by atoms with Gasteiger partial charge in [0.2, 0.25) is 0 Å². The molecule has 4 rings (SSSR count). The first-order chi connectivity index (χ1) is 14.1. The van der Waals surface area contributed by atoms with Gasteiger partial charge in [-0.1, -0.05) is 30.7 Å². The quantitative estimate of drug-likeness (QED) is 0.561. The molecule has 0 spiro atoms. The number of aryl methyl sites for hydroxylation is 1. The van der Waals surface area contributed by atoms with Crippen LogP contribution in [0.4, 0.5) is 11.4 Å². The largest absolute Gasteiger partial charge is 0.369 e. The van der Waals surface area contributed by atoms with Crippen molar-refractivity contribution in [2.75, 3.05) is 11.9 Å². The fourth-order valence-corrected chi connectivity index (χ4v) is 5.20. The summed E-state index contributed by atoms with van der Waals surface area (Å²) in [5.74, 6) is 0.274. The minimum atomic E-state index is -0.147. The molecule has 0 radical (unpaired) electrons. The number of nitrogens with one attached hydrogen (secondary N) is 1. The molecule has 2 aliphatic heterocycles. The summed E-state index contributed by atoms with van der Waals surface area (Å²) in [5, 5.41) is 4.09.